The molecular formula is C11H7ClN2O. The normalized spacial score (nSPS) is 12.6. The van der Waals surface area contributed by atoms with Crippen LogP contribution >= 0.6 is 11.9 Å². The predicted octanol–water partition coefficient (Wildman–Crippen LogP) is 2.66. The van der Waals surface area contributed by atoms with Crippen molar-refractivity contribution < 1.29 is 4.29 Å². The van der Waals surface area contributed by atoms with E-state index in [4.69, 9.17) is 22.4 Å². The van der Waals surface area contributed by atoms with Crippen LogP contribution in [0.5, 0.6) is 0 Å². The number of hydrogen-bond acceptors (Lipinski definition) is 3. The molecule has 1 rings (SSSR count). The van der Waals surface area contributed by atoms with E-state index in [0.29, 0.717) is 0 Å². The summed E-state index contributed by atoms with van der Waals surface area (Å²) < 4.78 is 4.35. The molecule has 1 aromatic carbocycles. The predicted molar refractivity (Wildman–Crippen MR) is 56.4 cm³/mol. The molecule has 0 heterocycles. The van der Waals surface area contributed by atoms with Crippen molar-refractivity contribution in [3.8, 4) is 12.1 Å². The van der Waals surface area contributed by atoms with Gasteiger partial charge in [-0.25, -0.2) is 0 Å². The lowest BCUT2D eigenvalue weighted by Gasteiger charge is -2.01. The van der Waals surface area contributed by atoms with Gasteiger partial charge >= 0.3 is 0 Å². The van der Waals surface area contributed by atoms with E-state index in [1.54, 1.807) is 12.1 Å². The Morgan fingerprint density at radius 3 is 2.47 bits per heavy atom. The van der Waals surface area contributed by atoms with Crippen LogP contribution in [0.1, 0.15) is 5.56 Å². The van der Waals surface area contributed by atoms with E-state index in [1.165, 1.54) is 0 Å². The second-order valence-electron chi connectivity index (χ2n) is 2.72. The molecule has 0 N–H and O–H groups in total. The number of hydrogen-bond donors (Lipinski definition) is 0. The summed E-state index contributed by atoms with van der Waals surface area (Å²) in [5.41, 5.74) is 1.00. The number of benzene rings is 1. The summed E-state index contributed by atoms with van der Waals surface area (Å²) in [7, 11) is 0. The zero-order chi connectivity index (χ0) is 11.1. The number of nitriles is 2. The Hall–Kier alpha value is -1.81. The molecule has 0 radical (unpaired) electrons. The standard InChI is InChI=1S/C11H7ClN2O/c12-15-11(8-14)10(7-13)6-9-4-2-1-3-5-9/h1-6,11H. The van der Waals surface area contributed by atoms with Gasteiger partial charge in [-0.3, -0.25) is 4.29 Å². The van der Waals surface area contributed by atoms with E-state index < -0.39 is 6.10 Å². The highest BCUT2D eigenvalue weighted by Crippen LogP contribution is 2.12. The van der Waals surface area contributed by atoms with Crippen LogP contribution < -0.4 is 0 Å². The Morgan fingerprint density at radius 2 is 2.00 bits per heavy atom. The van der Waals surface area contributed by atoms with Crippen LogP contribution in [0.3, 0.4) is 0 Å². The van der Waals surface area contributed by atoms with Crippen LogP contribution in [0.4, 0.5) is 0 Å². The van der Waals surface area contributed by atoms with E-state index in [0.717, 1.165) is 5.56 Å². The van der Waals surface area contributed by atoms with Crippen molar-refractivity contribution in [2.24, 2.45) is 0 Å². The van der Waals surface area contributed by atoms with Crippen molar-refractivity contribution in [3.05, 3.63) is 41.5 Å². The van der Waals surface area contributed by atoms with E-state index in [-0.39, 0.29) is 5.57 Å². The van der Waals surface area contributed by atoms with Gasteiger partial charge in [-0.05, 0) is 11.6 Å². The molecule has 4 heteroatoms. The van der Waals surface area contributed by atoms with Gasteiger partial charge in [-0.1, -0.05) is 30.3 Å². The fourth-order valence-electron chi connectivity index (χ4n) is 1.03. The highest BCUT2D eigenvalue weighted by atomic mass is 35.5. The van der Waals surface area contributed by atoms with Gasteiger partial charge in [0.25, 0.3) is 0 Å². The Bertz CT molecular complexity index is 428. The molecular weight excluding hydrogens is 212 g/mol. The first-order valence-electron chi connectivity index (χ1n) is 4.15. The van der Waals surface area contributed by atoms with E-state index in [2.05, 4.69) is 4.29 Å². The molecule has 1 aromatic rings. The smallest absolute Gasteiger partial charge is 0.200 e. The van der Waals surface area contributed by atoms with Crippen LogP contribution in [-0.2, 0) is 4.29 Å². The largest absolute Gasteiger partial charge is 0.255 e. The lowest BCUT2D eigenvalue weighted by atomic mass is 10.1. The second-order valence-corrected chi connectivity index (χ2v) is 2.90. The molecule has 0 aromatic heterocycles. The minimum absolute atomic E-state index is 0.179. The molecule has 1 atom stereocenters. The summed E-state index contributed by atoms with van der Waals surface area (Å²) in [6.07, 6.45) is 0.535. The first-order valence-corrected chi connectivity index (χ1v) is 4.46. The van der Waals surface area contributed by atoms with Gasteiger partial charge in [-0.2, -0.15) is 10.5 Å². The summed E-state index contributed by atoms with van der Waals surface area (Å²) in [6.45, 7) is 0. The summed E-state index contributed by atoms with van der Waals surface area (Å²) >= 11 is 5.09. The molecule has 0 aliphatic rings. The van der Waals surface area contributed by atoms with Crippen LogP contribution in [0.25, 0.3) is 6.08 Å². The summed E-state index contributed by atoms with van der Waals surface area (Å²) in [4.78, 5) is 0. The fraction of sp³-hybridized carbons (Fsp3) is 0.0909. The van der Waals surface area contributed by atoms with Crippen molar-refractivity contribution in [2.75, 3.05) is 0 Å². The molecule has 0 amide bonds. The van der Waals surface area contributed by atoms with Crippen molar-refractivity contribution in [1.29, 1.82) is 10.5 Å². The van der Waals surface area contributed by atoms with Crippen LogP contribution in [0, 0.1) is 22.7 Å². The van der Waals surface area contributed by atoms with Gasteiger partial charge in [0.2, 0.25) is 0 Å². The average Bonchev–Trinajstić information content (AvgIpc) is 2.30. The van der Waals surface area contributed by atoms with Gasteiger partial charge < -0.3 is 0 Å². The van der Waals surface area contributed by atoms with Gasteiger partial charge in [-0.15, -0.1) is 0 Å². The quantitative estimate of drug-likeness (QED) is 0.733. The van der Waals surface area contributed by atoms with Gasteiger partial charge in [0.05, 0.1) is 23.5 Å². The Morgan fingerprint density at radius 1 is 1.33 bits per heavy atom. The maximum atomic E-state index is 8.81. The maximum absolute atomic E-state index is 8.81. The molecule has 0 bridgehead atoms. The highest BCUT2D eigenvalue weighted by molar-refractivity contribution is 6.07. The van der Waals surface area contributed by atoms with Crippen LogP contribution in [0.15, 0.2) is 35.9 Å². The third-order valence-electron chi connectivity index (χ3n) is 1.74. The number of halogens is 1. The molecule has 15 heavy (non-hydrogen) atoms. The summed E-state index contributed by atoms with van der Waals surface area (Å²) in [6, 6.07) is 12.8. The molecule has 0 spiro atoms. The molecule has 0 aliphatic heterocycles. The molecule has 0 aliphatic carbocycles. The van der Waals surface area contributed by atoms with E-state index in [9.17, 15) is 0 Å². The van der Waals surface area contributed by atoms with Crippen molar-refractivity contribution in [2.45, 2.75) is 6.10 Å². The number of rotatable bonds is 3. The molecule has 74 valence electrons. The molecule has 1 unspecified atom stereocenters. The monoisotopic (exact) mass is 218 g/mol. The van der Waals surface area contributed by atoms with Crippen LogP contribution in [0.2, 0.25) is 0 Å². The molecule has 0 fully saturated rings. The number of nitrogens with zero attached hydrogens (tertiary/aromatic N) is 2. The lowest BCUT2D eigenvalue weighted by Crippen LogP contribution is -2.06. The van der Waals surface area contributed by atoms with Crippen LogP contribution in [-0.4, -0.2) is 6.10 Å². The molecule has 0 saturated heterocycles. The third kappa shape index (κ3) is 3.11. The Balaban J connectivity index is 3.00. The van der Waals surface area contributed by atoms with Gasteiger partial charge in [0.1, 0.15) is 6.07 Å². The summed E-state index contributed by atoms with van der Waals surface area (Å²) in [5.74, 6) is 0. The first-order chi connectivity index (χ1) is 7.31. The maximum Gasteiger partial charge on any atom is 0.200 e. The minimum atomic E-state index is -1.03. The third-order valence-corrected chi connectivity index (χ3v) is 1.92. The highest BCUT2D eigenvalue weighted by Gasteiger charge is 2.13. The Kier molecular flexibility index (Phi) is 4.37. The lowest BCUT2D eigenvalue weighted by molar-refractivity contribution is 0.329. The van der Waals surface area contributed by atoms with Crippen molar-refractivity contribution in [3.63, 3.8) is 0 Å². The molecule has 0 saturated carbocycles. The Labute approximate surface area is 92.9 Å². The van der Waals surface area contributed by atoms with Crippen molar-refractivity contribution >= 4 is 17.9 Å². The van der Waals surface area contributed by atoms with E-state index in [1.807, 2.05) is 36.4 Å². The second kappa shape index (κ2) is 5.82. The van der Waals surface area contributed by atoms with Gasteiger partial charge in [0, 0.05) is 0 Å². The SMILES string of the molecule is N#CC(=Cc1ccccc1)C(C#N)OCl. The molecule has 3 nitrogen and oxygen atoms in total. The fourth-order valence-corrected chi connectivity index (χ4v) is 1.17. The minimum Gasteiger partial charge on any atom is -0.255 e. The zero-order valence-electron chi connectivity index (χ0n) is 7.72. The first kappa shape index (κ1) is 11.3. The zero-order valence-corrected chi connectivity index (χ0v) is 8.48. The summed E-state index contributed by atoms with van der Waals surface area (Å²) in [5, 5.41) is 17.5. The van der Waals surface area contributed by atoms with Gasteiger partial charge in [0.15, 0.2) is 6.10 Å². The van der Waals surface area contributed by atoms with Crippen molar-refractivity contribution in [1.82, 2.24) is 0 Å². The van der Waals surface area contributed by atoms with E-state index >= 15 is 0 Å². The topological polar surface area (TPSA) is 56.8 Å². The average molecular weight is 219 g/mol.